The van der Waals surface area contributed by atoms with Crippen molar-refractivity contribution in [3.63, 3.8) is 0 Å². The summed E-state index contributed by atoms with van der Waals surface area (Å²) in [5.41, 5.74) is 3.05. The van der Waals surface area contributed by atoms with Crippen molar-refractivity contribution in [3.8, 4) is 5.75 Å². The monoisotopic (exact) mass is 282 g/mol. The lowest BCUT2D eigenvalue weighted by molar-refractivity contribution is 0.289. The highest BCUT2D eigenvalue weighted by atomic mass is 16.5. The minimum Gasteiger partial charge on any atom is -0.489 e. The molecule has 0 radical (unpaired) electrons. The average molecular weight is 282 g/mol. The van der Waals surface area contributed by atoms with E-state index in [0.29, 0.717) is 13.0 Å². The van der Waals surface area contributed by atoms with E-state index in [-0.39, 0.29) is 6.61 Å². The first kappa shape index (κ1) is 13.7. The Kier molecular flexibility index (Phi) is 3.93. The molecule has 0 aliphatic heterocycles. The molecule has 0 unspecified atom stereocenters. The van der Waals surface area contributed by atoms with E-state index >= 15 is 0 Å². The van der Waals surface area contributed by atoms with Crippen LogP contribution in [0.4, 0.5) is 0 Å². The smallest absolute Gasteiger partial charge is 0.134 e. The number of fused-ring (bicyclic) bond motifs is 1. The van der Waals surface area contributed by atoms with Crippen LogP contribution in [0, 0.1) is 6.92 Å². The highest BCUT2D eigenvalue weighted by Gasteiger charge is 2.10. The van der Waals surface area contributed by atoms with Gasteiger partial charge in [-0.3, -0.25) is 0 Å². The number of aliphatic hydroxyl groups excluding tert-OH is 1. The molecule has 0 fully saturated rings. The zero-order valence-corrected chi connectivity index (χ0v) is 12.0. The van der Waals surface area contributed by atoms with Crippen LogP contribution < -0.4 is 4.74 Å². The molecule has 3 aromatic rings. The molecule has 1 heterocycles. The van der Waals surface area contributed by atoms with Crippen LogP contribution in [0.15, 0.2) is 52.9 Å². The van der Waals surface area contributed by atoms with Crippen molar-refractivity contribution in [2.75, 3.05) is 6.61 Å². The van der Waals surface area contributed by atoms with E-state index in [4.69, 9.17) is 14.3 Å². The van der Waals surface area contributed by atoms with E-state index in [1.54, 1.807) is 0 Å². The van der Waals surface area contributed by atoms with Crippen molar-refractivity contribution < 1.29 is 14.3 Å². The number of aliphatic hydroxyl groups is 1. The number of hydrogen-bond acceptors (Lipinski definition) is 3. The lowest BCUT2D eigenvalue weighted by atomic mass is 10.1. The second-order valence-electron chi connectivity index (χ2n) is 5.06. The van der Waals surface area contributed by atoms with Crippen molar-refractivity contribution in [2.24, 2.45) is 0 Å². The van der Waals surface area contributed by atoms with Crippen molar-refractivity contribution in [3.05, 3.63) is 65.4 Å². The van der Waals surface area contributed by atoms with Crippen LogP contribution in [0.1, 0.15) is 16.9 Å². The predicted molar refractivity (Wildman–Crippen MR) is 82.5 cm³/mol. The van der Waals surface area contributed by atoms with Gasteiger partial charge in [0.05, 0.1) is 6.61 Å². The highest BCUT2D eigenvalue weighted by Crippen LogP contribution is 2.29. The van der Waals surface area contributed by atoms with E-state index in [1.165, 1.54) is 0 Å². The summed E-state index contributed by atoms with van der Waals surface area (Å²) in [5.74, 6) is 1.67. The molecule has 21 heavy (non-hydrogen) atoms. The van der Waals surface area contributed by atoms with E-state index < -0.39 is 0 Å². The normalized spacial score (nSPS) is 11.0. The standard InChI is InChI=1S/C18H18O3/c1-13-16-11-15(20-12-14-5-3-2-4-6-14)7-8-18(16)21-17(13)9-10-19/h2-8,11,19H,9-10,12H2,1H3. The van der Waals surface area contributed by atoms with Gasteiger partial charge in [0, 0.05) is 11.8 Å². The summed E-state index contributed by atoms with van der Waals surface area (Å²) in [6, 6.07) is 15.9. The van der Waals surface area contributed by atoms with Crippen LogP contribution in [0.2, 0.25) is 0 Å². The first-order chi connectivity index (χ1) is 10.3. The van der Waals surface area contributed by atoms with E-state index in [2.05, 4.69) is 0 Å². The van der Waals surface area contributed by atoms with Crippen LogP contribution in [-0.2, 0) is 13.0 Å². The molecule has 1 aromatic heterocycles. The maximum Gasteiger partial charge on any atom is 0.134 e. The number of hydrogen-bond donors (Lipinski definition) is 1. The topological polar surface area (TPSA) is 42.6 Å². The number of furan rings is 1. The second kappa shape index (κ2) is 6.02. The van der Waals surface area contributed by atoms with Crippen molar-refractivity contribution in [1.82, 2.24) is 0 Å². The number of benzene rings is 2. The van der Waals surface area contributed by atoms with Gasteiger partial charge in [0.1, 0.15) is 23.7 Å². The van der Waals surface area contributed by atoms with Gasteiger partial charge in [-0.2, -0.15) is 0 Å². The minimum atomic E-state index is 0.0953. The quantitative estimate of drug-likeness (QED) is 0.772. The van der Waals surface area contributed by atoms with Gasteiger partial charge in [-0.25, -0.2) is 0 Å². The van der Waals surface area contributed by atoms with Gasteiger partial charge in [0.2, 0.25) is 0 Å². The number of rotatable bonds is 5. The van der Waals surface area contributed by atoms with Gasteiger partial charge >= 0.3 is 0 Å². The van der Waals surface area contributed by atoms with Gasteiger partial charge in [0.15, 0.2) is 0 Å². The number of ether oxygens (including phenoxy) is 1. The summed E-state index contributed by atoms with van der Waals surface area (Å²) in [4.78, 5) is 0. The minimum absolute atomic E-state index is 0.0953. The summed E-state index contributed by atoms with van der Waals surface area (Å²) in [6.45, 7) is 2.66. The lowest BCUT2D eigenvalue weighted by Gasteiger charge is -2.06. The van der Waals surface area contributed by atoms with Gasteiger partial charge in [0.25, 0.3) is 0 Å². The Morgan fingerprint density at radius 2 is 1.90 bits per heavy atom. The fourth-order valence-corrected chi connectivity index (χ4v) is 2.42. The van der Waals surface area contributed by atoms with E-state index in [9.17, 15) is 0 Å². The third kappa shape index (κ3) is 2.93. The van der Waals surface area contributed by atoms with Crippen molar-refractivity contribution in [2.45, 2.75) is 20.0 Å². The molecular formula is C18H18O3. The summed E-state index contributed by atoms with van der Waals surface area (Å²) in [5, 5.41) is 10.1. The zero-order valence-electron chi connectivity index (χ0n) is 12.0. The first-order valence-electron chi connectivity index (χ1n) is 7.07. The Bertz CT molecular complexity index is 729. The average Bonchev–Trinajstić information content (AvgIpc) is 2.83. The van der Waals surface area contributed by atoms with E-state index in [1.807, 2.05) is 55.5 Å². The van der Waals surface area contributed by atoms with Gasteiger partial charge in [-0.1, -0.05) is 30.3 Å². The summed E-state index contributed by atoms with van der Waals surface area (Å²) >= 11 is 0. The SMILES string of the molecule is Cc1c(CCO)oc2ccc(OCc3ccccc3)cc12. The molecule has 0 saturated carbocycles. The highest BCUT2D eigenvalue weighted by molar-refractivity contribution is 5.83. The Hall–Kier alpha value is -2.26. The molecule has 0 saturated heterocycles. The molecular weight excluding hydrogens is 264 g/mol. The molecule has 108 valence electrons. The molecule has 0 aliphatic carbocycles. The molecule has 3 nitrogen and oxygen atoms in total. The number of aryl methyl sites for hydroxylation is 1. The summed E-state index contributed by atoms with van der Waals surface area (Å²) in [7, 11) is 0. The molecule has 1 N–H and O–H groups in total. The fourth-order valence-electron chi connectivity index (χ4n) is 2.42. The molecule has 3 heteroatoms. The lowest BCUT2D eigenvalue weighted by Crippen LogP contribution is -1.94. The van der Waals surface area contributed by atoms with Crippen LogP contribution in [0.5, 0.6) is 5.75 Å². The molecule has 0 aliphatic rings. The summed E-state index contributed by atoms with van der Waals surface area (Å²) < 4.78 is 11.6. The van der Waals surface area contributed by atoms with E-state index in [0.717, 1.165) is 33.6 Å². The van der Waals surface area contributed by atoms with Gasteiger partial charge in [-0.05, 0) is 36.2 Å². The maximum absolute atomic E-state index is 9.05. The Morgan fingerprint density at radius 3 is 2.67 bits per heavy atom. The zero-order chi connectivity index (χ0) is 14.7. The summed E-state index contributed by atoms with van der Waals surface area (Å²) in [6.07, 6.45) is 0.542. The Morgan fingerprint density at radius 1 is 1.10 bits per heavy atom. The largest absolute Gasteiger partial charge is 0.489 e. The fraction of sp³-hybridized carbons (Fsp3) is 0.222. The first-order valence-corrected chi connectivity index (χ1v) is 7.07. The Balaban J connectivity index is 1.82. The van der Waals surface area contributed by atoms with Crippen LogP contribution in [0.3, 0.4) is 0 Å². The van der Waals surface area contributed by atoms with Gasteiger partial charge in [-0.15, -0.1) is 0 Å². The predicted octanol–water partition coefficient (Wildman–Crippen LogP) is 3.86. The molecule has 0 atom stereocenters. The van der Waals surface area contributed by atoms with Crippen LogP contribution >= 0.6 is 0 Å². The molecule has 0 amide bonds. The third-order valence-electron chi connectivity index (χ3n) is 3.59. The second-order valence-corrected chi connectivity index (χ2v) is 5.06. The maximum atomic E-state index is 9.05. The van der Waals surface area contributed by atoms with Crippen molar-refractivity contribution in [1.29, 1.82) is 0 Å². The van der Waals surface area contributed by atoms with Crippen molar-refractivity contribution >= 4 is 11.0 Å². The Labute approximate surface area is 123 Å². The van der Waals surface area contributed by atoms with Crippen LogP contribution in [-0.4, -0.2) is 11.7 Å². The third-order valence-corrected chi connectivity index (χ3v) is 3.59. The van der Waals surface area contributed by atoms with Gasteiger partial charge < -0.3 is 14.3 Å². The van der Waals surface area contributed by atoms with Crippen LogP contribution in [0.25, 0.3) is 11.0 Å². The molecule has 2 aromatic carbocycles. The molecule has 3 rings (SSSR count). The molecule has 0 bridgehead atoms. The molecule has 0 spiro atoms.